The molecule has 1 rings (SSSR count). The first-order chi connectivity index (χ1) is 5.72. The second kappa shape index (κ2) is 4.24. The van der Waals surface area contributed by atoms with Gasteiger partial charge in [0.1, 0.15) is 0 Å². The summed E-state index contributed by atoms with van der Waals surface area (Å²) >= 11 is 1.64. The normalized spacial score (nSPS) is 12.4. The Bertz CT molecular complexity index is 285. The Balaban J connectivity index is 2.47. The van der Waals surface area contributed by atoms with E-state index in [9.17, 15) is 0 Å². The molecule has 0 aliphatic carbocycles. The molecule has 1 aromatic rings. The Morgan fingerprint density at radius 1 is 1.83 bits per heavy atom. The van der Waals surface area contributed by atoms with E-state index >= 15 is 0 Å². The van der Waals surface area contributed by atoms with Gasteiger partial charge < -0.3 is 5.73 Å². The number of hydrogen-bond donors (Lipinski definition) is 1. The highest BCUT2D eigenvalue weighted by Gasteiger charge is 2.04. The minimum atomic E-state index is 0.0561. The fraction of sp³-hybridized carbons (Fsp3) is 0.444. The molecule has 12 heavy (non-hydrogen) atoms. The molecule has 0 aromatic carbocycles. The summed E-state index contributed by atoms with van der Waals surface area (Å²) < 4.78 is 0. The number of terminal acetylenes is 1. The maximum Gasteiger partial charge on any atom is 0.0943 e. The average molecular weight is 180 g/mol. The second-order valence-corrected chi connectivity index (χ2v) is 3.70. The van der Waals surface area contributed by atoms with Crippen LogP contribution in [0, 0.1) is 19.3 Å². The zero-order valence-corrected chi connectivity index (χ0v) is 7.90. The molecule has 1 unspecified atom stereocenters. The van der Waals surface area contributed by atoms with Gasteiger partial charge in [0, 0.05) is 30.0 Å². The van der Waals surface area contributed by atoms with Crippen molar-refractivity contribution in [1.29, 1.82) is 0 Å². The van der Waals surface area contributed by atoms with Crippen LogP contribution in [0.4, 0.5) is 0 Å². The van der Waals surface area contributed by atoms with Crippen molar-refractivity contribution in [2.24, 2.45) is 5.73 Å². The van der Waals surface area contributed by atoms with Crippen molar-refractivity contribution in [1.82, 2.24) is 4.98 Å². The zero-order valence-electron chi connectivity index (χ0n) is 7.08. The number of aromatic nitrogens is 1. The van der Waals surface area contributed by atoms with Gasteiger partial charge in [-0.1, -0.05) is 0 Å². The molecule has 0 fully saturated rings. The van der Waals surface area contributed by atoms with Crippen LogP contribution in [0.3, 0.4) is 0 Å². The maximum atomic E-state index is 5.75. The standard InChI is InChI=1S/C9H12N2S/c1-3-4-8(10)5-9-11-7(2)6-12-9/h1,6,8H,4-5,10H2,2H3. The highest BCUT2D eigenvalue weighted by molar-refractivity contribution is 7.09. The SMILES string of the molecule is C#CCC(N)Cc1nc(C)cs1. The Labute approximate surface area is 76.8 Å². The van der Waals surface area contributed by atoms with Crippen LogP contribution in [0.1, 0.15) is 17.1 Å². The van der Waals surface area contributed by atoms with Gasteiger partial charge in [0.25, 0.3) is 0 Å². The Morgan fingerprint density at radius 2 is 2.58 bits per heavy atom. The van der Waals surface area contributed by atoms with E-state index in [1.165, 1.54) is 0 Å². The molecule has 0 saturated heterocycles. The van der Waals surface area contributed by atoms with Crippen molar-refractivity contribution in [3.05, 3.63) is 16.1 Å². The Morgan fingerprint density at radius 3 is 3.08 bits per heavy atom. The lowest BCUT2D eigenvalue weighted by atomic mass is 10.2. The number of hydrogen-bond acceptors (Lipinski definition) is 3. The molecule has 1 heterocycles. The van der Waals surface area contributed by atoms with Gasteiger partial charge in [-0.25, -0.2) is 4.98 Å². The number of aryl methyl sites for hydroxylation is 1. The molecule has 1 atom stereocenters. The van der Waals surface area contributed by atoms with E-state index < -0.39 is 0 Å². The Kier molecular flexibility index (Phi) is 3.27. The van der Waals surface area contributed by atoms with E-state index in [4.69, 9.17) is 12.2 Å². The van der Waals surface area contributed by atoms with E-state index in [1.807, 2.05) is 12.3 Å². The number of nitrogens with two attached hydrogens (primary N) is 1. The number of nitrogens with zero attached hydrogens (tertiary/aromatic N) is 1. The summed E-state index contributed by atoms with van der Waals surface area (Å²) in [5.41, 5.74) is 6.81. The van der Waals surface area contributed by atoms with Crippen LogP contribution in [0.25, 0.3) is 0 Å². The summed E-state index contributed by atoms with van der Waals surface area (Å²) in [7, 11) is 0. The van der Waals surface area contributed by atoms with Gasteiger partial charge in [0.2, 0.25) is 0 Å². The minimum absolute atomic E-state index is 0.0561. The molecular weight excluding hydrogens is 168 g/mol. The predicted molar refractivity (Wildman–Crippen MR) is 52.0 cm³/mol. The predicted octanol–water partition coefficient (Wildman–Crippen LogP) is 1.34. The fourth-order valence-corrected chi connectivity index (χ4v) is 1.81. The molecule has 0 amide bonds. The molecule has 0 bridgehead atoms. The first kappa shape index (κ1) is 9.24. The number of thiazole rings is 1. The third-order valence-corrected chi connectivity index (χ3v) is 2.47. The summed E-state index contributed by atoms with van der Waals surface area (Å²) in [6.07, 6.45) is 6.56. The van der Waals surface area contributed by atoms with Crippen LogP contribution >= 0.6 is 11.3 Å². The van der Waals surface area contributed by atoms with E-state index in [0.717, 1.165) is 17.1 Å². The summed E-state index contributed by atoms with van der Waals surface area (Å²) in [5.74, 6) is 2.55. The lowest BCUT2D eigenvalue weighted by Crippen LogP contribution is -2.21. The van der Waals surface area contributed by atoms with Gasteiger partial charge in [0.15, 0.2) is 0 Å². The quantitative estimate of drug-likeness (QED) is 0.713. The molecule has 2 nitrogen and oxygen atoms in total. The maximum absolute atomic E-state index is 5.75. The molecule has 0 aliphatic rings. The van der Waals surface area contributed by atoms with Crippen molar-refractivity contribution >= 4 is 11.3 Å². The van der Waals surface area contributed by atoms with Crippen LogP contribution in [0.15, 0.2) is 5.38 Å². The van der Waals surface area contributed by atoms with Gasteiger partial charge in [-0.2, -0.15) is 0 Å². The molecule has 1 aromatic heterocycles. The van der Waals surface area contributed by atoms with Crippen molar-refractivity contribution in [2.45, 2.75) is 25.8 Å². The van der Waals surface area contributed by atoms with Gasteiger partial charge in [-0.05, 0) is 6.92 Å². The van der Waals surface area contributed by atoms with Gasteiger partial charge in [0.05, 0.1) is 5.01 Å². The summed E-state index contributed by atoms with van der Waals surface area (Å²) in [5, 5.41) is 3.10. The van der Waals surface area contributed by atoms with Gasteiger partial charge in [-0.3, -0.25) is 0 Å². The third kappa shape index (κ3) is 2.65. The van der Waals surface area contributed by atoms with E-state index in [0.29, 0.717) is 6.42 Å². The summed E-state index contributed by atoms with van der Waals surface area (Å²) in [6.45, 7) is 1.98. The van der Waals surface area contributed by atoms with Crippen molar-refractivity contribution < 1.29 is 0 Å². The van der Waals surface area contributed by atoms with Crippen molar-refractivity contribution in [2.75, 3.05) is 0 Å². The Hall–Kier alpha value is -0.850. The number of rotatable bonds is 3. The topological polar surface area (TPSA) is 38.9 Å². The van der Waals surface area contributed by atoms with Crippen LogP contribution in [0.2, 0.25) is 0 Å². The first-order valence-corrected chi connectivity index (χ1v) is 4.70. The molecule has 2 N–H and O–H groups in total. The van der Waals surface area contributed by atoms with Crippen LogP contribution in [-0.4, -0.2) is 11.0 Å². The zero-order chi connectivity index (χ0) is 8.97. The summed E-state index contributed by atoms with van der Waals surface area (Å²) in [4.78, 5) is 4.30. The minimum Gasteiger partial charge on any atom is -0.326 e. The van der Waals surface area contributed by atoms with Crippen LogP contribution in [0.5, 0.6) is 0 Å². The lowest BCUT2D eigenvalue weighted by molar-refractivity contribution is 0.685. The van der Waals surface area contributed by atoms with Crippen LogP contribution in [-0.2, 0) is 6.42 Å². The molecule has 64 valence electrons. The van der Waals surface area contributed by atoms with Gasteiger partial charge >= 0.3 is 0 Å². The fourth-order valence-electron chi connectivity index (χ4n) is 0.944. The first-order valence-electron chi connectivity index (χ1n) is 3.82. The van der Waals surface area contributed by atoms with E-state index in [1.54, 1.807) is 11.3 Å². The summed E-state index contributed by atoms with van der Waals surface area (Å²) in [6, 6.07) is 0.0561. The second-order valence-electron chi connectivity index (χ2n) is 2.76. The average Bonchev–Trinajstić information content (AvgIpc) is 2.36. The largest absolute Gasteiger partial charge is 0.326 e. The lowest BCUT2D eigenvalue weighted by Gasteiger charge is -2.03. The van der Waals surface area contributed by atoms with E-state index in [-0.39, 0.29) is 6.04 Å². The van der Waals surface area contributed by atoms with Gasteiger partial charge in [-0.15, -0.1) is 23.7 Å². The molecule has 3 heteroatoms. The molecule has 0 saturated carbocycles. The van der Waals surface area contributed by atoms with Crippen molar-refractivity contribution in [3.63, 3.8) is 0 Å². The van der Waals surface area contributed by atoms with E-state index in [2.05, 4.69) is 10.9 Å². The molecular formula is C9H12N2S. The third-order valence-electron chi connectivity index (χ3n) is 1.48. The molecule has 0 aliphatic heterocycles. The highest BCUT2D eigenvalue weighted by Crippen LogP contribution is 2.10. The molecule has 0 spiro atoms. The van der Waals surface area contributed by atoms with Crippen molar-refractivity contribution in [3.8, 4) is 12.3 Å². The monoisotopic (exact) mass is 180 g/mol. The smallest absolute Gasteiger partial charge is 0.0943 e. The molecule has 0 radical (unpaired) electrons. The highest BCUT2D eigenvalue weighted by atomic mass is 32.1. The van der Waals surface area contributed by atoms with Crippen LogP contribution < -0.4 is 5.73 Å².